The molecule has 3 aromatic carbocycles. The smallest absolute Gasteiger partial charge is 0.196 e. The second-order valence-electron chi connectivity index (χ2n) is 5.35. The minimum atomic E-state index is -0.198. The zero-order chi connectivity index (χ0) is 16.2. The lowest BCUT2D eigenvalue weighted by molar-refractivity contribution is 0.103. The molecule has 0 heterocycles. The highest BCUT2D eigenvalue weighted by atomic mass is 16.3. The van der Waals surface area contributed by atoms with Crippen LogP contribution in [0.25, 0.3) is 0 Å². The Labute approximate surface area is 134 Å². The van der Waals surface area contributed by atoms with E-state index in [1.807, 2.05) is 6.07 Å². The first kappa shape index (κ1) is 14.9. The molecule has 0 atom stereocenters. The number of aromatic hydroxyl groups is 2. The van der Waals surface area contributed by atoms with E-state index in [-0.39, 0.29) is 17.3 Å². The van der Waals surface area contributed by atoms with Crippen LogP contribution in [0.15, 0.2) is 72.8 Å². The summed E-state index contributed by atoms with van der Waals surface area (Å²) < 4.78 is 0. The molecule has 23 heavy (non-hydrogen) atoms. The van der Waals surface area contributed by atoms with Crippen molar-refractivity contribution in [3.05, 3.63) is 95.1 Å². The summed E-state index contributed by atoms with van der Waals surface area (Å²) >= 11 is 0. The predicted octanol–water partition coefficient (Wildman–Crippen LogP) is 3.92. The summed E-state index contributed by atoms with van der Waals surface area (Å²) in [5.74, 6) is 0.0102. The monoisotopic (exact) mass is 304 g/mol. The summed E-state index contributed by atoms with van der Waals surface area (Å²) in [4.78, 5) is 12.5. The number of benzene rings is 3. The SMILES string of the molecule is O=C(c1ccccc1)c1cccc(Cc2ccc(O)cc2)c1O. The molecule has 2 N–H and O–H groups in total. The number of para-hydroxylation sites is 1. The van der Waals surface area contributed by atoms with E-state index in [0.717, 1.165) is 5.56 Å². The molecule has 3 nitrogen and oxygen atoms in total. The van der Waals surface area contributed by atoms with E-state index >= 15 is 0 Å². The van der Waals surface area contributed by atoms with Crippen LogP contribution in [-0.4, -0.2) is 16.0 Å². The Balaban J connectivity index is 1.92. The van der Waals surface area contributed by atoms with Gasteiger partial charge in [0.1, 0.15) is 11.5 Å². The zero-order valence-electron chi connectivity index (χ0n) is 12.4. The minimum Gasteiger partial charge on any atom is -0.508 e. The third kappa shape index (κ3) is 3.24. The Kier molecular flexibility index (Phi) is 4.11. The average molecular weight is 304 g/mol. The molecule has 0 radical (unpaired) electrons. The van der Waals surface area contributed by atoms with Crippen LogP contribution >= 0.6 is 0 Å². The second-order valence-corrected chi connectivity index (χ2v) is 5.35. The van der Waals surface area contributed by atoms with Gasteiger partial charge in [-0.25, -0.2) is 0 Å². The van der Waals surface area contributed by atoms with Gasteiger partial charge in [-0.15, -0.1) is 0 Å². The Morgan fingerprint density at radius 3 is 2.17 bits per heavy atom. The standard InChI is InChI=1S/C20H16O3/c21-17-11-9-14(10-12-17)13-16-7-4-8-18(20(16)23)19(22)15-5-2-1-3-6-15/h1-12,21,23H,13H2. The van der Waals surface area contributed by atoms with E-state index in [1.54, 1.807) is 66.7 Å². The fraction of sp³-hybridized carbons (Fsp3) is 0.0500. The van der Waals surface area contributed by atoms with Crippen LogP contribution in [-0.2, 0) is 6.42 Å². The number of ketones is 1. The minimum absolute atomic E-state index is 0.00873. The maximum Gasteiger partial charge on any atom is 0.196 e. The van der Waals surface area contributed by atoms with E-state index in [2.05, 4.69) is 0 Å². The number of rotatable bonds is 4. The molecule has 3 rings (SSSR count). The lowest BCUT2D eigenvalue weighted by Crippen LogP contribution is -2.03. The molecule has 0 bridgehead atoms. The van der Waals surface area contributed by atoms with Crippen molar-refractivity contribution in [2.75, 3.05) is 0 Å². The van der Waals surface area contributed by atoms with Crippen LogP contribution in [0, 0.1) is 0 Å². The maximum atomic E-state index is 12.5. The van der Waals surface area contributed by atoms with Gasteiger partial charge >= 0.3 is 0 Å². The lowest BCUT2D eigenvalue weighted by Gasteiger charge is -2.09. The normalized spacial score (nSPS) is 10.4. The third-order valence-corrected chi connectivity index (χ3v) is 3.73. The maximum absolute atomic E-state index is 12.5. The first-order chi connectivity index (χ1) is 11.1. The first-order valence-electron chi connectivity index (χ1n) is 7.33. The van der Waals surface area contributed by atoms with Crippen LogP contribution in [0.2, 0.25) is 0 Å². The van der Waals surface area contributed by atoms with Gasteiger partial charge in [-0.05, 0) is 29.3 Å². The molecule has 114 valence electrons. The fourth-order valence-electron chi connectivity index (χ4n) is 2.50. The molecule has 0 aliphatic carbocycles. The summed E-state index contributed by atoms with van der Waals surface area (Å²) in [7, 11) is 0. The van der Waals surface area contributed by atoms with Gasteiger partial charge in [-0.1, -0.05) is 54.6 Å². The highest BCUT2D eigenvalue weighted by Gasteiger charge is 2.15. The highest BCUT2D eigenvalue weighted by Crippen LogP contribution is 2.27. The molecule has 0 aliphatic rings. The van der Waals surface area contributed by atoms with E-state index in [4.69, 9.17) is 0 Å². The molecule has 0 saturated heterocycles. The van der Waals surface area contributed by atoms with Crippen molar-refractivity contribution in [3.63, 3.8) is 0 Å². The van der Waals surface area contributed by atoms with Gasteiger partial charge in [0.05, 0.1) is 5.56 Å². The van der Waals surface area contributed by atoms with E-state index in [1.165, 1.54) is 0 Å². The van der Waals surface area contributed by atoms with Crippen LogP contribution in [0.4, 0.5) is 0 Å². The molecule has 0 amide bonds. The second kappa shape index (κ2) is 6.36. The Morgan fingerprint density at radius 2 is 1.48 bits per heavy atom. The molecule has 3 aromatic rings. The van der Waals surface area contributed by atoms with Gasteiger partial charge in [0.2, 0.25) is 0 Å². The molecule has 0 fully saturated rings. The van der Waals surface area contributed by atoms with Gasteiger partial charge in [0, 0.05) is 12.0 Å². The number of phenolic OH excluding ortho intramolecular Hbond substituents is 2. The molecule has 0 spiro atoms. The van der Waals surface area contributed by atoms with Crippen molar-refractivity contribution in [3.8, 4) is 11.5 Å². The fourth-order valence-corrected chi connectivity index (χ4v) is 2.50. The number of hydrogen-bond acceptors (Lipinski definition) is 3. The Bertz CT molecular complexity index is 821. The zero-order valence-corrected chi connectivity index (χ0v) is 12.4. The van der Waals surface area contributed by atoms with Gasteiger partial charge in [-0.2, -0.15) is 0 Å². The molecule has 0 saturated carbocycles. The Morgan fingerprint density at radius 1 is 0.783 bits per heavy atom. The molecule has 3 heteroatoms. The van der Waals surface area contributed by atoms with Crippen LogP contribution in [0.3, 0.4) is 0 Å². The largest absolute Gasteiger partial charge is 0.508 e. The van der Waals surface area contributed by atoms with Crippen LogP contribution in [0.1, 0.15) is 27.0 Å². The first-order valence-corrected chi connectivity index (χ1v) is 7.33. The number of carbonyl (C=O) groups excluding carboxylic acids is 1. The molecule has 0 aromatic heterocycles. The molecular formula is C20H16O3. The topological polar surface area (TPSA) is 57.5 Å². The quantitative estimate of drug-likeness (QED) is 0.718. The van der Waals surface area contributed by atoms with Gasteiger partial charge < -0.3 is 10.2 Å². The number of phenols is 2. The van der Waals surface area contributed by atoms with E-state index in [0.29, 0.717) is 23.1 Å². The van der Waals surface area contributed by atoms with Crippen molar-refractivity contribution >= 4 is 5.78 Å². The Hall–Kier alpha value is -3.07. The van der Waals surface area contributed by atoms with Gasteiger partial charge in [0.15, 0.2) is 5.78 Å². The lowest BCUT2D eigenvalue weighted by atomic mass is 9.97. The summed E-state index contributed by atoms with van der Waals surface area (Å²) in [6.45, 7) is 0. The average Bonchev–Trinajstić information content (AvgIpc) is 2.59. The van der Waals surface area contributed by atoms with Crippen molar-refractivity contribution in [1.82, 2.24) is 0 Å². The van der Waals surface area contributed by atoms with Gasteiger partial charge in [-0.3, -0.25) is 4.79 Å². The van der Waals surface area contributed by atoms with Crippen molar-refractivity contribution in [2.45, 2.75) is 6.42 Å². The number of hydrogen-bond donors (Lipinski definition) is 2. The molecule has 0 aliphatic heterocycles. The van der Waals surface area contributed by atoms with Crippen molar-refractivity contribution < 1.29 is 15.0 Å². The summed E-state index contributed by atoms with van der Waals surface area (Å²) in [5.41, 5.74) is 2.47. The molecule has 0 unspecified atom stereocenters. The summed E-state index contributed by atoms with van der Waals surface area (Å²) in [5, 5.41) is 19.8. The van der Waals surface area contributed by atoms with Gasteiger partial charge in [0.25, 0.3) is 0 Å². The third-order valence-electron chi connectivity index (χ3n) is 3.73. The van der Waals surface area contributed by atoms with Crippen LogP contribution < -0.4 is 0 Å². The molecular weight excluding hydrogens is 288 g/mol. The summed E-state index contributed by atoms with van der Waals surface area (Å²) in [6.07, 6.45) is 0.488. The van der Waals surface area contributed by atoms with Crippen molar-refractivity contribution in [2.24, 2.45) is 0 Å². The summed E-state index contributed by atoms with van der Waals surface area (Å²) in [6, 6.07) is 20.9. The van der Waals surface area contributed by atoms with E-state index < -0.39 is 0 Å². The van der Waals surface area contributed by atoms with Crippen LogP contribution in [0.5, 0.6) is 11.5 Å². The number of carbonyl (C=O) groups is 1. The highest BCUT2D eigenvalue weighted by molar-refractivity contribution is 6.10. The van der Waals surface area contributed by atoms with Crippen molar-refractivity contribution in [1.29, 1.82) is 0 Å². The van der Waals surface area contributed by atoms with E-state index in [9.17, 15) is 15.0 Å². The predicted molar refractivity (Wildman–Crippen MR) is 88.9 cm³/mol.